The van der Waals surface area contributed by atoms with Crippen LogP contribution >= 0.6 is 0 Å². The van der Waals surface area contributed by atoms with E-state index in [4.69, 9.17) is 15.2 Å². The zero-order chi connectivity index (χ0) is 14.3. The van der Waals surface area contributed by atoms with Gasteiger partial charge in [-0.2, -0.15) is 0 Å². The topological polar surface area (TPSA) is 64.8 Å². The van der Waals surface area contributed by atoms with Crippen LogP contribution in [0.5, 0.6) is 11.5 Å². The smallest absolute Gasteiger partial charge is 0.222 e. The van der Waals surface area contributed by atoms with Gasteiger partial charge in [0.15, 0.2) is 11.5 Å². The standard InChI is InChI=1S/C14H22N2O3/c1-16(2)14(17)5-4-8-19-13-9-11(10-15)6-7-12(13)18-3/h6-7,9H,4-5,8,10,15H2,1-3H3. The first kappa shape index (κ1) is 15.3. The lowest BCUT2D eigenvalue weighted by molar-refractivity contribution is -0.128. The van der Waals surface area contributed by atoms with Crippen LogP contribution in [-0.2, 0) is 11.3 Å². The zero-order valence-corrected chi connectivity index (χ0v) is 11.8. The van der Waals surface area contributed by atoms with Crippen LogP contribution in [0.4, 0.5) is 0 Å². The van der Waals surface area contributed by atoms with Crippen molar-refractivity contribution in [2.45, 2.75) is 19.4 Å². The Kier molecular flexibility index (Phi) is 6.15. The molecule has 0 spiro atoms. The number of ether oxygens (including phenoxy) is 2. The third kappa shape index (κ3) is 4.79. The summed E-state index contributed by atoms with van der Waals surface area (Å²) in [7, 11) is 5.09. The number of hydrogen-bond donors (Lipinski definition) is 1. The molecule has 0 fully saturated rings. The molecule has 5 nitrogen and oxygen atoms in total. The summed E-state index contributed by atoms with van der Waals surface area (Å²) in [5, 5.41) is 0. The van der Waals surface area contributed by atoms with Gasteiger partial charge in [0.25, 0.3) is 0 Å². The molecule has 0 aliphatic heterocycles. The first-order valence-electron chi connectivity index (χ1n) is 6.28. The highest BCUT2D eigenvalue weighted by molar-refractivity contribution is 5.75. The van der Waals surface area contributed by atoms with Crippen molar-refractivity contribution in [2.75, 3.05) is 27.8 Å². The number of nitrogens with two attached hydrogens (primary N) is 1. The van der Waals surface area contributed by atoms with Gasteiger partial charge in [0.1, 0.15) is 0 Å². The Morgan fingerprint density at radius 2 is 2.05 bits per heavy atom. The molecule has 0 unspecified atom stereocenters. The van der Waals surface area contributed by atoms with E-state index in [1.165, 1.54) is 0 Å². The molecule has 1 aromatic rings. The third-order valence-corrected chi connectivity index (χ3v) is 2.76. The van der Waals surface area contributed by atoms with Crippen LogP contribution in [0, 0.1) is 0 Å². The van der Waals surface area contributed by atoms with Crippen molar-refractivity contribution in [1.82, 2.24) is 4.90 Å². The molecule has 0 bridgehead atoms. The molecule has 0 saturated heterocycles. The van der Waals surface area contributed by atoms with Gasteiger partial charge in [-0.25, -0.2) is 0 Å². The molecule has 1 rings (SSSR count). The zero-order valence-electron chi connectivity index (χ0n) is 11.8. The molecular weight excluding hydrogens is 244 g/mol. The summed E-state index contributed by atoms with van der Waals surface area (Å²) in [5.41, 5.74) is 6.58. The number of rotatable bonds is 7. The quantitative estimate of drug-likeness (QED) is 0.758. The monoisotopic (exact) mass is 266 g/mol. The summed E-state index contributed by atoms with van der Waals surface area (Å²) in [6, 6.07) is 5.61. The summed E-state index contributed by atoms with van der Waals surface area (Å²) < 4.78 is 10.9. The van der Waals surface area contributed by atoms with Crippen LogP contribution in [0.1, 0.15) is 18.4 Å². The number of benzene rings is 1. The van der Waals surface area contributed by atoms with E-state index in [9.17, 15) is 4.79 Å². The Hall–Kier alpha value is -1.75. The molecular formula is C14H22N2O3. The molecule has 0 atom stereocenters. The van der Waals surface area contributed by atoms with E-state index in [-0.39, 0.29) is 5.91 Å². The number of amides is 1. The first-order chi connectivity index (χ1) is 9.08. The van der Waals surface area contributed by atoms with E-state index in [0.717, 1.165) is 5.56 Å². The fourth-order valence-electron chi connectivity index (χ4n) is 1.59. The summed E-state index contributed by atoms with van der Waals surface area (Å²) >= 11 is 0. The molecule has 19 heavy (non-hydrogen) atoms. The minimum absolute atomic E-state index is 0.103. The second kappa shape index (κ2) is 7.63. The van der Waals surface area contributed by atoms with E-state index in [1.807, 2.05) is 18.2 Å². The van der Waals surface area contributed by atoms with E-state index in [2.05, 4.69) is 0 Å². The minimum Gasteiger partial charge on any atom is -0.493 e. The van der Waals surface area contributed by atoms with Crippen molar-refractivity contribution in [1.29, 1.82) is 0 Å². The molecule has 0 heterocycles. The van der Waals surface area contributed by atoms with Gasteiger partial charge in [0.05, 0.1) is 13.7 Å². The summed E-state index contributed by atoms with van der Waals surface area (Å²) in [6.45, 7) is 0.934. The summed E-state index contributed by atoms with van der Waals surface area (Å²) in [6.07, 6.45) is 1.15. The normalized spacial score (nSPS) is 10.1. The SMILES string of the molecule is COc1ccc(CN)cc1OCCCC(=O)N(C)C. The van der Waals surface area contributed by atoms with Crippen molar-refractivity contribution >= 4 is 5.91 Å². The fraction of sp³-hybridized carbons (Fsp3) is 0.500. The Morgan fingerprint density at radius 1 is 1.32 bits per heavy atom. The summed E-state index contributed by atoms with van der Waals surface area (Å²) in [4.78, 5) is 13.0. The van der Waals surface area contributed by atoms with Gasteiger partial charge in [0.2, 0.25) is 5.91 Å². The van der Waals surface area contributed by atoms with E-state index >= 15 is 0 Å². The van der Waals surface area contributed by atoms with Crippen molar-refractivity contribution in [3.05, 3.63) is 23.8 Å². The second-order valence-electron chi connectivity index (χ2n) is 4.43. The average Bonchev–Trinajstić information content (AvgIpc) is 2.42. The van der Waals surface area contributed by atoms with Gasteiger partial charge in [-0.3, -0.25) is 4.79 Å². The highest BCUT2D eigenvalue weighted by atomic mass is 16.5. The highest BCUT2D eigenvalue weighted by Gasteiger charge is 2.07. The molecule has 0 aromatic heterocycles. The molecule has 1 amide bonds. The maximum atomic E-state index is 11.4. The number of carbonyl (C=O) groups excluding carboxylic acids is 1. The number of carbonyl (C=O) groups is 1. The second-order valence-corrected chi connectivity index (χ2v) is 4.43. The van der Waals surface area contributed by atoms with Crippen LogP contribution in [0.15, 0.2) is 18.2 Å². The lowest BCUT2D eigenvalue weighted by Crippen LogP contribution is -2.21. The number of hydrogen-bond acceptors (Lipinski definition) is 4. The fourth-order valence-corrected chi connectivity index (χ4v) is 1.59. The van der Waals surface area contributed by atoms with Crippen LogP contribution < -0.4 is 15.2 Å². The van der Waals surface area contributed by atoms with Gasteiger partial charge in [0, 0.05) is 27.1 Å². The Balaban J connectivity index is 2.50. The van der Waals surface area contributed by atoms with Crippen LogP contribution in [0.3, 0.4) is 0 Å². The predicted molar refractivity (Wildman–Crippen MR) is 74.3 cm³/mol. The summed E-state index contributed by atoms with van der Waals surface area (Å²) in [5.74, 6) is 1.45. The first-order valence-corrected chi connectivity index (χ1v) is 6.28. The number of nitrogens with zero attached hydrogens (tertiary/aromatic N) is 1. The van der Waals surface area contributed by atoms with E-state index in [0.29, 0.717) is 37.5 Å². The molecule has 0 radical (unpaired) electrons. The van der Waals surface area contributed by atoms with Gasteiger partial charge >= 0.3 is 0 Å². The van der Waals surface area contributed by atoms with Gasteiger partial charge < -0.3 is 20.1 Å². The molecule has 0 aliphatic carbocycles. The van der Waals surface area contributed by atoms with Crippen molar-refractivity contribution < 1.29 is 14.3 Å². The van der Waals surface area contributed by atoms with Gasteiger partial charge in [-0.05, 0) is 24.1 Å². The third-order valence-electron chi connectivity index (χ3n) is 2.76. The lowest BCUT2D eigenvalue weighted by Gasteiger charge is -2.13. The molecule has 2 N–H and O–H groups in total. The van der Waals surface area contributed by atoms with Crippen LogP contribution in [-0.4, -0.2) is 38.6 Å². The van der Waals surface area contributed by atoms with E-state index < -0.39 is 0 Å². The Labute approximate surface area is 114 Å². The van der Waals surface area contributed by atoms with Crippen molar-refractivity contribution in [3.63, 3.8) is 0 Å². The highest BCUT2D eigenvalue weighted by Crippen LogP contribution is 2.28. The van der Waals surface area contributed by atoms with E-state index in [1.54, 1.807) is 26.1 Å². The Bertz CT molecular complexity index is 419. The predicted octanol–water partition coefficient (Wildman–Crippen LogP) is 1.40. The van der Waals surface area contributed by atoms with Crippen molar-refractivity contribution in [2.24, 2.45) is 5.73 Å². The van der Waals surface area contributed by atoms with Crippen LogP contribution in [0.25, 0.3) is 0 Å². The molecule has 0 saturated carbocycles. The van der Waals surface area contributed by atoms with Gasteiger partial charge in [-0.15, -0.1) is 0 Å². The molecule has 1 aromatic carbocycles. The minimum atomic E-state index is 0.103. The molecule has 106 valence electrons. The lowest BCUT2D eigenvalue weighted by atomic mass is 10.2. The van der Waals surface area contributed by atoms with Gasteiger partial charge in [-0.1, -0.05) is 6.07 Å². The maximum Gasteiger partial charge on any atom is 0.222 e. The van der Waals surface area contributed by atoms with Crippen LogP contribution in [0.2, 0.25) is 0 Å². The Morgan fingerprint density at radius 3 is 2.63 bits per heavy atom. The number of methoxy groups -OCH3 is 1. The largest absolute Gasteiger partial charge is 0.493 e. The molecule has 5 heteroatoms. The molecule has 0 aliphatic rings. The maximum absolute atomic E-state index is 11.4. The van der Waals surface area contributed by atoms with Crippen molar-refractivity contribution in [3.8, 4) is 11.5 Å². The average molecular weight is 266 g/mol.